The van der Waals surface area contributed by atoms with Gasteiger partial charge in [-0.15, -0.1) is 0 Å². The molecule has 0 saturated carbocycles. The van der Waals surface area contributed by atoms with E-state index < -0.39 is 5.60 Å². The summed E-state index contributed by atoms with van der Waals surface area (Å²) in [6.45, 7) is 8.97. The van der Waals surface area contributed by atoms with E-state index in [1.165, 1.54) is 19.3 Å². The maximum atomic E-state index is 12.4. The third-order valence-corrected chi connectivity index (χ3v) is 5.48. The van der Waals surface area contributed by atoms with Gasteiger partial charge in [0.25, 0.3) is 0 Å². The Kier molecular flexibility index (Phi) is 6.51. The van der Waals surface area contributed by atoms with Gasteiger partial charge in [-0.05, 0) is 72.8 Å². The van der Waals surface area contributed by atoms with Crippen molar-refractivity contribution in [1.82, 2.24) is 20.0 Å². The molecule has 2 aliphatic heterocycles. The molecule has 2 heterocycles. The second kappa shape index (κ2) is 8.02. The quantitative estimate of drug-likeness (QED) is 0.793. The van der Waals surface area contributed by atoms with Crippen molar-refractivity contribution in [3.05, 3.63) is 0 Å². The lowest BCUT2D eigenvalue weighted by atomic mass is 9.84. The van der Waals surface area contributed by atoms with Crippen LogP contribution in [-0.4, -0.2) is 90.3 Å². The number of likely N-dealkylation sites (N-methyl/N-ethyl adjacent to an activating group) is 1. The summed E-state index contributed by atoms with van der Waals surface area (Å²) < 4.78 is 0. The van der Waals surface area contributed by atoms with Gasteiger partial charge < -0.3 is 20.2 Å². The number of likely N-dealkylation sites (tertiary alicyclic amines) is 2. The van der Waals surface area contributed by atoms with Crippen molar-refractivity contribution in [2.45, 2.75) is 57.1 Å². The van der Waals surface area contributed by atoms with Gasteiger partial charge in [0.2, 0.25) is 0 Å². The monoisotopic (exact) mass is 340 g/mol. The molecule has 0 aromatic rings. The lowest BCUT2D eigenvalue weighted by Gasteiger charge is -2.50. The summed E-state index contributed by atoms with van der Waals surface area (Å²) in [5.41, 5.74) is -0.775. The molecule has 0 aliphatic carbocycles. The van der Waals surface area contributed by atoms with Gasteiger partial charge in [-0.2, -0.15) is 0 Å². The zero-order valence-corrected chi connectivity index (χ0v) is 16.0. The molecule has 0 unspecified atom stereocenters. The van der Waals surface area contributed by atoms with E-state index in [1.54, 1.807) is 25.8 Å². The highest BCUT2D eigenvalue weighted by molar-refractivity contribution is 5.74. The third-order valence-electron chi connectivity index (χ3n) is 5.48. The molecule has 0 aromatic heterocycles. The molecular formula is C18H36N4O2. The molecule has 6 heteroatoms. The van der Waals surface area contributed by atoms with Crippen molar-refractivity contribution in [3.63, 3.8) is 0 Å². The van der Waals surface area contributed by atoms with E-state index in [0.29, 0.717) is 13.1 Å². The molecule has 0 spiro atoms. The van der Waals surface area contributed by atoms with Gasteiger partial charge in [0.1, 0.15) is 0 Å². The topological polar surface area (TPSA) is 59.1 Å². The average Bonchev–Trinajstić information content (AvgIpc) is 2.53. The highest BCUT2D eigenvalue weighted by Crippen LogP contribution is 2.30. The minimum atomic E-state index is -0.871. The number of carbonyl (C=O) groups excluding carboxylic acids is 1. The van der Waals surface area contributed by atoms with Gasteiger partial charge in [-0.3, -0.25) is 4.90 Å². The smallest absolute Gasteiger partial charge is 0.317 e. The summed E-state index contributed by atoms with van der Waals surface area (Å²) in [5.74, 6) is 0. The highest BCUT2D eigenvalue weighted by atomic mass is 16.3. The molecular weight excluding hydrogens is 304 g/mol. The van der Waals surface area contributed by atoms with Crippen LogP contribution in [0.15, 0.2) is 0 Å². The van der Waals surface area contributed by atoms with Gasteiger partial charge in [-0.1, -0.05) is 6.42 Å². The number of hydrogen-bond donors (Lipinski definition) is 2. The zero-order valence-electron chi connectivity index (χ0n) is 16.0. The van der Waals surface area contributed by atoms with Crippen molar-refractivity contribution in [2.75, 3.05) is 53.4 Å². The molecule has 0 bridgehead atoms. The lowest BCUT2D eigenvalue weighted by Crippen LogP contribution is -2.62. The van der Waals surface area contributed by atoms with E-state index in [0.717, 1.165) is 39.0 Å². The predicted octanol–water partition coefficient (Wildman–Crippen LogP) is 1.35. The number of piperidine rings is 2. The molecule has 140 valence electrons. The summed E-state index contributed by atoms with van der Waals surface area (Å²) in [5, 5.41) is 13.0. The van der Waals surface area contributed by atoms with Gasteiger partial charge in [0.15, 0.2) is 0 Å². The fraction of sp³-hybridized carbons (Fsp3) is 0.944. The van der Waals surface area contributed by atoms with Crippen LogP contribution in [0.3, 0.4) is 0 Å². The predicted molar refractivity (Wildman–Crippen MR) is 97.2 cm³/mol. The molecule has 6 nitrogen and oxygen atoms in total. The summed E-state index contributed by atoms with van der Waals surface area (Å²) in [4.78, 5) is 19.0. The maximum absolute atomic E-state index is 12.4. The Morgan fingerprint density at radius 3 is 2.29 bits per heavy atom. The third kappa shape index (κ3) is 5.33. The fourth-order valence-electron chi connectivity index (χ4n) is 4.04. The van der Waals surface area contributed by atoms with Crippen LogP contribution in [0, 0.1) is 0 Å². The van der Waals surface area contributed by atoms with Crippen LogP contribution in [0.2, 0.25) is 0 Å². The van der Waals surface area contributed by atoms with Crippen LogP contribution >= 0.6 is 0 Å². The van der Waals surface area contributed by atoms with Gasteiger partial charge >= 0.3 is 6.03 Å². The number of carbonyl (C=O) groups is 1. The lowest BCUT2D eigenvalue weighted by molar-refractivity contribution is 0.0143. The number of hydrogen-bond acceptors (Lipinski definition) is 4. The number of rotatable bonds is 5. The molecule has 0 radical (unpaired) electrons. The number of urea groups is 1. The molecule has 2 fully saturated rings. The van der Waals surface area contributed by atoms with E-state index in [1.807, 2.05) is 0 Å². The molecule has 0 aromatic carbocycles. The Labute approximate surface area is 147 Å². The van der Waals surface area contributed by atoms with Crippen molar-refractivity contribution in [3.8, 4) is 0 Å². The van der Waals surface area contributed by atoms with Crippen molar-refractivity contribution in [1.29, 1.82) is 0 Å². The minimum Gasteiger partial charge on any atom is -0.389 e. The second-order valence-corrected chi connectivity index (χ2v) is 8.40. The number of nitrogens with zero attached hydrogens (tertiary/aromatic N) is 3. The van der Waals surface area contributed by atoms with Gasteiger partial charge in [-0.25, -0.2) is 4.79 Å². The van der Waals surface area contributed by atoms with Gasteiger partial charge in [0.05, 0.1) is 12.1 Å². The highest BCUT2D eigenvalue weighted by Gasteiger charge is 2.40. The molecule has 24 heavy (non-hydrogen) atoms. The van der Waals surface area contributed by atoms with Crippen molar-refractivity contribution < 1.29 is 9.90 Å². The Morgan fingerprint density at radius 2 is 1.75 bits per heavy atom. The van der Waals surface area contributed by atoms with E-state index >= 15 is 0 Å². The summed E-state index contributed by atoms with van der Waals surface area (Å²) in [7, 11) is 3.92. The van der Waals surface area contributed by atoms with E-state index in [4.69, 9.17) is 0 Å². The molecule has 2 amide bonds. The van der Waals surface area contributed by atoms with Crippen molar-refractivity contribution >= 4 is 6.03 Å². The Balaban J connectivity index is 1.96. The Bertz CT molecular complexity index is 408. The SMILES string of the molecule is CN1CCC(CNC(=O)N(C)CC(C)(C)O)(N2CCCCC2)CC1. The Morgan fingerprint density at radius 1 is 1.17 bits per heavy atom. The second-order valence-electron chi connectivity index (χ2n) is 8.40. The maximum Gasteiger partial charge on any atom is 0.317 e. The van der Waals surface area contributed by atoms with Crippen LogP contribution in [0.25, 0.3) is 0 Å². The first kappa shape index (κ1) is 19.5. The number of aliphatic hydroxyl groups is 1. The van der Waals surface area contributed by atoms with E-state index in [-0.39, 0.29) is 11.6 Å². The fourth-order valence-corrected chi connectivity index (χ4v) is 4.04. The molecule has 0 atom stereocenters. The summed E-state index contributed by atoms with van der Waals surface area (Å²) in [6.07, 6.45) is 6.08. The molecule has 2 aliphatic rings. The largest absolute Gasteiger partial charge is 0.389 e. The molecule has 2 rings (SSSR count). The molecule has 2 N–H and O–H groups in total. The number of nitrogens with one attached hydrogen (secondary N) is 1. The van der Waals surface area contributed by atoms with Crippen LogP contribution in [0.5, 0.6) is 0 Å². The first-order chi connectivity index (χ1) is 11.2. The summed E-state index contributed by atoms with van der Waals surface area (Å²) >= 11 is 0. The van der Waals surface area contributed by atoms with Gasteiger partial charge in [0, 0.05) is 19.1 Å². The molecule has 2 saturated heterocycles. The number of amides is 2. The van der Waals surface area contributed by atoms with Crippen LogP contribution in [0.4, 0.5) is 4.79 Å². The van der Waals surface area contributed by atoms with Crippen molar-refractivity contribution in [2.24, 2.45) is 0 Å². The van der Waals surface area contributed by atoms with E-state index in [2.05, 4.69) is 22.2 Å². The first-order valence-corrected chi connectivity index (χ1v) is 9.37. The standard InChI is InChI=1S/C18H36N4O2/c1-17(2,24)15-21(4)16(23)19-14-18(8-12-20(3)13-9-18)22-10-6-5-7-11-22/h24H,5-15H2,1-4H3,(H,19,23). The normalized spacial score (nSPS) is 23.0. The van der Waals surface area contributed by atoms with Crippen LogP contribution in [-0.2, 0) is 0 Å². The Hall–Kier alpha value is -0.850. The minimum absolute atomic E-state index is 0.0903. The van der Waals surface area contributed by atoms with E-state index in [9.17, 15) is 9.90 Å². The first-order valence-electron chi connectivity index (χ1n) is 9.37. The zero-order chi connectivity index (χ0) is 17.8. The van der Waals surface area contributed by atoms with Crippen LogP contribution in [0.1, 0.15) is 46.0 Å². The van der Waals surface area contributed by atoms with Crippen LogP contribution < -0.4 is 5.32 Å². The summed E-state index contributed by atoms with van der Waals surface area (Å²) in [6, 6.07) is -0.0903. The average molecular weight is 341 g/mol.